The second-order valence-corrected chi connectivity index (χ2v) is 5.13. The van der Waals surface area contributed by atoms with Crippen LogP contribution in [0.2, 0.25) is 5.02 Å². The van der Waals surface area contributed by atoms with E-state index in [-0.39, 0.29) is 10.6 Å². The van der Waals surface area contributed by atoms with E-state index in [4.69, 9.17) is 11.6 Å². The van der Waals surface area contributed by atoms with Crippen LogP contribution in [0.5, 0.6) is 0 Å². The van der Waals surface area contributed by atoms with Crippen LogP contribution in [0, 0.1) is 5.82 Å². The third kappa shape index (κ3) is 2.65. The summed E-state index contributed by atoms with van der Waals surface area (Å²) in [4.78, 5) is 0. The molecule has 0 spiro atoms. The fourth-order valence-electron chi connectivity index (χ4n) is 2.17. The van der Waals surface area contributed by atoms with E-state index >= 15 is 0 Å². The predicted octanol–water partition coefficient (Wildman–Crippen LogP) is 4.30. The van der Waals surface area contributed by atoms with Crippen molar-refractivity contribution in [2.45, 2.75) is 25.9 Å². The first-order valence-corrected chi connectivity index (χ1v) is 6.61. The molecule has 0 aliphatic rings. The van der Waals surface area contributed by atoms with Crippen molar-refractivity contribution in [2.24, 2.45) is 0 Å². The third-order valence-corrected chi connectivity index (χ3v) is 3.69. The maximum atomic E-state index is 13.9. The van der Waals surface area contributed by atoms with Gasteiger partial charge in [0.25, 0.3) is 0 Å². The lowest BCUT2D eigenvalue weighted by molar-refractivity contribution is 0.0980. The minimum Gasteiger partial charge on any atom is -0.381 e. The summed E-state index contributed by atoms with van der Waals surface area (Å²) in [6.45, 7) is 3.61. The number of halogens is 2. The van der Waals surface area contributed by atoms with Gasteiger partial charge in [-0.1, -0.05) is 48.9 Å². The van der Waals surface area contributed by atoms with Crippen LogP contribution in [0.4, 0.5) is 4.39 Å². The molecule has 19 heavy (non-hydrogen) atoms. The smallest absolute Gasteiger partial charge is 0.131 e. The van der Waals surface area contributed by atoms with E-state index in [2.05, 4.69) is 6.92 Å². The normalized spacial score (nSPS) is 14.2. The predicted molar refractivity (Wildman–Crippen MR) is 75.9 cm³/mol. The highest BCUT2D eigenvalue weighted by molar-refractivity contribution is 6.31. The van der Waals surface area contributed by atoms with Crippen LogP contribution in [-0.2, 0) is 12.0 Å². The molecule has 0 aromatic heterocycles. The first kappa shape index (κ1) is 14.0. The summed E-state index contributed by atoms with van der Waals surface area (Å²) in [6.07, 6.45) is 0.920. The summed E-state index contributed by atoms with van der Waals surface area (Å²) in [7, 11) is 0. The van der Waals surface area contributed by atoms with E-state index in [1.807, 2.05) is 24.3 Å². The number of benzene rings is 2. The van der Waals surface area contributed by atoms with E-state index in [0.29, 0.717) is 5.56 Å². The van der Waals surface area contributed by atoms with E-state index < -0.39 is 11.4 Å². The van der Waals surface area contributed by atoms with Crippen molar-refractivity contribution in [2.75, 3.05) is 0 Å². The molecule has 0 saturated carbocycles. The van der Waals surface area contributed by atoms with Crippen LogP contribution in [-0.4, -0.2) is 5.11 Å². The Kier molecular flexibility index (Phi) is 3.93. The van der Waals surface area contributed by atoms with Crippen molar-refractivity contribution in [3.63, 3.8) is 0 Å². The van der Waals surface area contributed by atoms with Crippen LogP contribution in [0.3, 0.4) is 0 Å². The zero-order chi connectivity index (χ0) is 14.0. The molecule has 0 fully saturated rings. The Balaban J connectivity index is 2.51. The van der Waals surface area contributed by atoms with Crippen LogP contribution in [0.15, 0.2) is 42.5 Å². The molecule has 2 rings (SSSR count). The average molecular weight is 279 g/mol. The Morgan fingerprint density at radius 1 is 1.16 bits per heavy atom. The summed E-state index contributed by atoms with van der Waals surface area (Å²) in [5.74, 6) is -0.503. The molecule has 0 saturated heterocycles. The highest BCUT2D eigenvalue weighted by atomic mass is 35.5. The van der Waals surface area contributed by atoms with Crippen LogP contribution >= 0.6 is 11.6 Å². The summed E-state index contributed by atoms with van der Waals surface area (Å²) in [5, 5.41) is 10.9. The maximum absolute atomic E-state index is 13.9. The number of rotatable bonds is 3. The van der Waals surface area contributed by atoms with Gasteiger partial charge in [-0.25, -0.2) is 4.39 Å². The zero-order valence-corrected chi connectivity index (χ0v) is 11.7. The molecular formula is C16H16ClFO. The molecule has 0 bridgehead atoms. The monoisotopic (exact) mass is 278 g/mol. The van der Waals surface area contributed by atoms with Crippen molar-refractivity contribution in [3.05, 3.63) is 70.0 Å². The van der Waals surface area contributed by atoms with Crippen molar-refractivity contribution in [1.82, 2.24) is 0 Å². The van der Waals surface area contributed by atoms with Gasteiger partial charge in [-0.05, 0) is 36.6 Å². The fourth-order valence-corrected chi connectivity index (χ4v) is 2.52. The molecule has 100 valence electrons. The van der Waals surface area contributed by atoms with Gasteiger partial charge in [-0.2, -0.15) is 0 Å². The molecule has 3 heteroatoms. The van der Waals surface area contributed by atoms with Crippen LogP contribution in [0.1, 0.15) is 30.5 Å². The minimum absolute atomic E-state index is 0.112. The molecule has 1 N–H and O–H groups in total. The zero-order valence-electron chi connectivity index (χ0n) is 11.0. The Bertz CT molecular complexity index is 556. The lowest BCUT2D eigenvalue weighted by Crippen LogP contribution is -2.24. The molecule has 0 aliphatic carbocycles. The summed E-state index contributed by atoms with van der Waals surface area (Å²) >= 11 is 6.02. The first-order chi connectivity index (χ1) is 8.96. The fraction of sp³-hybridized carbons (Fsp3) is 0.250. The maximum Gasteiger partial charge on any atom is 0.131 e. The highest BCUT2D eigenvalue weighted by Gasteiger charge is 2.31. The lowest BCUT2D eigenvalue weighted by Gasteiger charge is -2.26. The summed E-state index contributed by atoms with van der Waals surface area (Å²) in [5.41, 5.74) is 0.450. The average Bonchev–Trinajstić information content (AvgIpc) is 2.38. The summed E-state index contributed by atoms with van der Waals surface area (Å²) in [6, 6.07) is 11.9. The highest BCUT2D eigenvalue weighted by Crippen LogP contribution is 2.35. The molecular weight excluding hydrogens is 263 g/mol. The standard InChI is InChI=1S/C16H16ClFO/c1-3-11-7-9-12(10-8-11)16(2,19)15-13(17)5-4-6-14(15)18/h4-10,19H,3H2,1-2H3. The molecule has 2 aromatic carbocycles. The van der Waals surface area contributed by atoms with E-state index in [1.54, 1.807) is 13.0 Å². The van der Waals surface area contributed by atoms with Gasteiger partial charge < -0.3 is 5.11 Å². The number of aliphatic hydroxyl groups is 1. The van der Waals surface area contributed by atoms with Gasteiger partial charge in [-0.15, -0.1) is 0 Å². The van der Waals surface area contributed by atoms with Crippen molar-refractivity contribution in [1.29, 1.82) is 0 Å². The van der Waals surface area contributed by atoms with Crippen molar-refractivity contribution >= 4 is 11.6 Å². The molecule has 0 aliphatic heterocycles. The van der Waals surface area contributed by atoms with Crippen molar-refractivity contribution in [3.8, 4) is 0 Å². The van der Waals surface area contributed by atoms with Gasteiger partial charge in [0.2, 0.25) is 0 Å². The minimum atomic E-state index is -1.45. The SMILES string of the molecule is CCc1ccc(C(C)(O)c2c(F)cccc2Cl)cc1. The molecule has 0 amide bonds. The van der Waals surface area contributed by atoms with Gasteiger partial charge in [0, 0.05) is 10.6 Å². The number of aryl methyl sites for hydroxylation is 1. The van der Waals surface area contributed by atoms with Gasteiger partial charge in [0.05, 0.1) is 0 Å². The van der Waals surface area contributed by atoms with E-state index in [9.17, 15) is 9.50 Å². The number of hydrogen-bond acceptors (Lipinski definition) is 1. The molecule has 1 atom stereocenters. The van der Waals surface area contributed by atoms with Crippen LogP contribution in [0.25, 0.3) is 0 Å². The molecule has 0 radical (unpaired) electrons. The summed E-state index contributed by atoms with van der Waals surface area (Å²) < 4.78 is 13.9. The second-order valence-electron chi connectivity index (χ2n) is 4.72. The van der Waals surface area contributed by atoms with Gasteiger partial charge >= 0.3 is 0 Å². The number of hydrogen-bond donors (Lipinski definition) is 1. The Morgan fingerprint density at radius 3 is 2.32 bits per heavy atom. The van der Waals surface area contributed by atoms with Crippen LogP contribution < -0.4 is 0 Å². The topological polar surface area (TPSA) is 20.2 Å². The molecule has 1 nitrogen and oxygen atoms in total. The lowest BCUT2D eigenvalue weighted by atomic mass is 9.87. The van der Waals surface area contributed by atoms with E-state index in [1.165, 1.54) is 17.7 Å². The Hall–Kier alpha value is -1.38. The van der Waals surface area contributed by atoms with Crippen molar-refractivity contribution < 1.29 is 9.50 Å². The Labute approximate surface area is 117 Å². The first-order valence-electron chi connectivity index (χ1n) is 6.23. The van der Waals surface area contributed by atoms with Gasteiger partial charge in [-0.3, -0.25) is 0 Å². The molecule has 0 heterocycles. The van der Waals surface area contributed by atoms with E-state index in [0.717, 1.165) is 6.42 Å². The Morgan fingerprint density at radius 2 is 1.79 bits per heavy atom. The quantitative estimate of drug-likeness (QED) is 0.888. The molecule has 2 aromatic rings. The second kappa shape index (κ2) is 5.32. The molecule has 1 unspecified atom stereocenters. The van der Waals surface area contributed by atoms with Gasteiger partial charge in [0.1, 0.15) is 11.4 Å². The largest absolute Gasteiger partial charge is 0.381 e. The van der Waals surface area contributed by atoms with Gasteiger partial charge in [0.15, 0.2) is 0 Å². The third-order valence-electron chi connectivity index (χ3n) is 3.37.